The van der Waals surface area contributed by atoms with Crippen molar-refractivity contribution in [3.8, 4) is 0 Å². The van der Waals surface area contributed by atoms with Gasteiger partial charge in [-0.3, -0.25) is 0 Å². The van der Waals surface area contributed by atoms with E-state index < -0.39 is 0 Å². The highest BCUT2D eigenvalue weighted by Gasteiger charge is 2.36. The lowest BCUT2D eigenvalue weighted by molar-refractivity contribution is 0.362. The van der Waals surface area contributed by atoms with Gasteiger partial charge < -0.3 is 5.32 Å². The van der Waals surface area contributed by atoms with E-state index >= 15 is 0 Å². The lowest BCUT2D eigenvalue weighted by atomic mass is 9.91. The van der Waals surface area contributed by atoms with Crippen LogP contribution < -0.4 is 5.32 Å². The van der Waals surface area contributed by atoms with Crippen molar-refractivity contribution >= 4 is 0 Å². The van der Waals surface area contributed by atoms with E-state index in [0.29, 0.717) is 11.5 Å². The van der Waals surface area contributed by atoms with Gasteiger partial charge in [0.05, 0.1) is 0 Å². The number of rotatable bonds is 4. The quantitative estimate of drug-likeness (QED) is 0.839. The number of hydrogen-bond acceptors (Lipinski definition) is 1. The van der Waals surface area contributed by atoms with Crippen molar-refractivity contribution in [3.63, 3.8) is 0 Å². The smallest absolute Gasteiger partial charge is 0.0208 e. The number of benzene rings is 1. The van der Waals surface area contributed by atoms with Gasteiger partial charge in [0.1, 0.15) is 0 Å². The van der Waals surface area contributed by atoms with Crippen molar-refractivity contribution in [3.05, 3.63) is 35.4 Å². The molecule has 0 saturated heterocycles. The van der Waals surface area contributed by atoms with E-state index in [-0.39, 0.29) is 0 Å². The maximum atomic E-state index is 3.74. The molecule has 2 rings (SSSR count). The molecule has 2 unspecified atom stereocenters. The molecule has 1 saturated carbocycles. The topological polar surface area (TPSA) is 12.0 Å². The molecule has 1 aliphatic rings. The van der Waals surface area contributed by atoms with Crippen LogP contribution in [0.15, 0.2) is 24.3 Å². The summed E-state index contributed by atoms with van der Waals surface area (Å²) in [5.74, 6) is 0.801. The molecular weight excluding hydrogens is 218 g/mol. The molecule has 0 aliphatic heterocycles. The van der Waals surface area contributed by atoms with Gasteiger partial charge in [-0.1, -0.05) is 52.0 Å². The largest absolute Gasteiger partial charge is 0.310 e. The van der Waals surface area contributed by atoms with E-state index in [4.69, 9.17) is 0 Å². The van der Waals surface area contributed by atoms with E-state index in [2.05, 4.69) is 57.3 Å². The summed E-state index contributed by atoms with van der Waals surface area (Å²) in [5, 5.41) is 3.74. The molecule has 18 heavy (non-hydrogen) atoms. The third-order valence-electron chi connectivity index (χ3n) is 4.33. The Morgan fingerprint density at radius 2 is 1.72 bits per heavy atom. The lowest BCUT2D eigenvalue weighted by Gasteiger charge is -2.18. The monoisotopic (exact) mass is 245 g/mol. The number of hydrogen-bond donors (Lipinski definition) is 1. The van der Waals surface area contributed by atoms with Crippen molar-refractivity contribution in [2.45, 2.75) is 59.5 Å². The minimum absolute atomic E-state index is 0.517. The minimum atomic E-state index is 0.517. The molecule has 0 spiro atoms. The van der Waals surface area contributed by atoms with Crippen LogP contribution in [0.2, 0.25) is 0 Å². The van der Waals surface area contributed by atoms with Gasteiger partial charge in [0.25, 0.3) is 0 Å². The zero-order valence-corrected chi connectivity index (χ0v) is 12.3. The first-order valence-electron chi connectivity index (χ1n) is 7.31. The molecule has 2 atom stereocenters. The highest BCUT2D eigenvalue weighted by Crippen LogP contribution is 2.40. The average molecular weight is 245 g/mol. The third kappa shape index (κ3) is 3.35. The highest BCUT2D eigenvalue weighted by atomic mass is 14.9. The van der Waals surface area contributed by atoms with Crippen molar-refractivity contribution in [2.75, 3.05) is 0 Å². The summed E-state index contributed by atoms with van der Waals surface area (Å²) >= 11 is 0. The van der Waals surface area contributed by atoms with Crippen molar-refractivity contribution in [1.29, 1.82) is 0 Å². The first-order valence-corrected chi connectivity index (χ1v) is 7.31. The first kappa shape index (κ1) is 13.6. The predicted molar refractivity (Wildman–Crippen MR) is 78.6 cm³/mol. The summed E-state index contributed by atoms with van der Waals surface area (Å²) in [5.41, 5.74) is 3.35. The van der Waals surface area contributed by atoms with Gasteiger partial charge >= 0.3 is 0 Å². The summed E-state index contributed by atoms with van der Waals surface area (Å²) in [6.45, 7) is 10.4. The maximum Gasteiger partial charge on any atom is 0.0208 e. The molecule has 0 amide bonds. The van der Waals surface area contributed by atoms with Crippen molar-refractivity contribution in [1.82, 2.24) is 5.32 Å². The number of nitrogens with one attached hydrogen (secondary N) is 1. The second-order valence-electron chi connectivity index (χ2n) is 6.71. The maximum absolute atomic E-state index is 3.74. The molecule has 1 heteroatoms. The summed E-state index contributed by atoms with van der Waals surface area (Å²) in [6.07, 6.45) is 3.78. The second-order valence-corrected chi connectivity index (χ2v) is 6.71. The zero-order valence-electron chi connectivity index (χ0n) is 12.3. The summed E-state index contributed by atoms with van der Waals surface area (Å²) < 4.78 is 0. The van der Waals surface area contributed by atoms with Gasteiger partial charge in [0, 0.05) is 12.6 Å². The van der Waals surface area contributed by atoms with Gasteiger partial charge in [-0.25, -0.2) is 0 Å². The molecule has 1 fully saturated rings. The van der Waals surface area contributed by atoms with Crippen LogP contribution in [0.25, 0.3) is 0 Å². The van der Waals surface area contributed by atoms with E-state index in [1.165, 1.54) is 24.0 Å². The Morgan fingerprint density at radius 3 is 2.22 bits per heavy atom. The summed E-state index contributed by atoms with van der Waals surface area (Å²) in [6, 6.07) is 9.71. The third-order valence-corrected chi connectivity index (χ3v) is 4.33. The summed E-state index contributed by atoms with van der Waals surface area (Å²) in [4.78, 5) is 0. The van der Waals surface area contributed by atoms with E-state index in [0.717, 1.165) is 18.9 Å². The second kappa shape index (κ2) is 5.44. The minimum Gasteiger partial charge on any atom is -0.310 e. The van der Waals surface area contributed by atoms with Crippen LogP contribution in [-0.4, -0.2) is 6.04 Å². The Hall–Kier alpha value is -0.820. The van der Waals surface area contributed by atoms with Crippen LogP contribution in [-0.2, 0) is 13.0 Å². The van der Waals surface area contributed by atoms with Gasteiger partial charge in [-0.2, -0.15) is 0 Å². The SMILES string of the molecule is CCc1ccc(CNC2CC(C)(C)CC2C)cc1. The van der Waals surface area contributed by atoms with Gasteiger partial charge in [0.15, 0.2) is 0 Å². The Morgan fingerprint density at radius 1 is 1.11 bits per heavy atom. The predicted octanol–water partition coefficient (Wildman–Crippen LogP) is 4.16. The molecule has 1 aromatic carbocycles. The zero-order chi connectivity index (χ0) is 13.2. The van der Waals surface area contributed by atoms with E-state index in [1.54, 1.807) is 0 Å². The van der Waals surface area contributed by atoms with Gasteiger partial charge in [0.2, 0.25) is 0 Å². The fourth-order valence-corrected chi connectivity index (χ4v) is 3.31. The first-order chi connectivity index (χ1) is 8.50. The van der Waals surface area contributed by atoms with Gasteiger partial charge in [-0.05, 0) is 41.7 Å². The molecule has 0 radical (unpaired) electrons. The van der Waals surface area contributed by atoms with Crippen LogP contribution in [0.1, 0.15) is 51.7 Å². The van der Waals surface area contributed by atoms with E-state index in [1.807, 2.05) is 0 Å². The molecule has 0 bridgehead atoms. The fraction of sp³-hybridized carbons (Fsp3) is 0.647. The molecular formula is C17H27N. The fourth-order valence-electron chi connectivity index (χ4n) is 3.31. The Labute approximate surface area is 112 Å². The Balaban J connectivity index is 1.87. The van der Waals surface area contributed by atoms with Crippen molar-refractivity contribution in [2.24, 2.45) is 11.3 Å². The lowest BCUT2D eigenvalue weighted by Crippen LogP contribution is -2.31. The molecule has 1 nitrogen and oxygen atoms in total. The van der Waals surface area contributed by atoms with Crippen molar-refractivity contribution < 1.29 is 0 Å². The van der Waals surface area contributed by atoms with Crippen LogP contribution in [0.3, 0.4) is 0 Å². The van der Waals surface area contributed by atoms with Gasteiger partial charge in [-0.15, -0.1) is 0 Å². The average Bonchev–Trinajstić information content (AvgIpc) is 2.60. The van der Waals surface area contributed by atoms with E-state index in [9.17, 15) is 0 Å². The Bertz CT molecular complexity index is 377. The molecule has 1 N–H and O–H groups in total. The molecule has 0 aromatic heterocycles. The highest BCUT2D eigenvalue weighted by molar-refractivity contribution is 5.22. The van der Waals surface area contributed by atoms with Crippen LogP contribution in [0.5, 0.6) is 0 Å². The Kier molecular flexibility index (Phi) is 4.11. The summed E-state index contributed by atoms with van der Waals surface area (Å²) in [7, 11) is 0. The normalized spacial score (nSPS) is 26.4. The van der Waals surface area contributed by atoms with Crippen LogP contribution in [0.4, 0.5) is 0 Å². The van der Waals surface area contributed by atoms with Crippen LogP contribution >= 0.6 is 0 Å². The van der Waals surface area contributed by atoms with Crippen LogP contribution in [0, 0.1) is 11.3 Å². The standard InChI is InChI=1S/C17H27N/c1-5-14-6-8-15(9-7-14)12-18-16-11-17(3,4)10-13(16)2/h6-9,13,16,18H,5,10-12H2,1-4H3. The molecule has 0 heterocycles. The molecule has 1 aliphatic carbocycles. The molecule has 100 valence electrons. The molecule has 1 aromatic rings. The number of aryl methyl sites for hydroxylation is 1.